The zero-order valence-electron chi connectivity index (χ0n) is 11.8. The maximum atomic E-state index is 6.04. The average Bonchev–Trinajstić information content (AvgIpc) is 2.42. The molecule has 106 valence electrons. The fourth-order valence-electron chi connectivity index (χ4n) is 2.87. The van der Waals surface area contributed by atoms with Crippen LogP contribution in [0.3, 0.4) is 0 Å². The molecule has 0 saturated carbocycles. The Kier molecular flexibility index (Phi) is 4.98. The summed E-state index contributed by atoms with van der Waals surface area (Å²) in [5, 5.41) is 2.35. The molecule has 2 heterocycles. The summed E-state index contributed by atoms with van der Waals surface area (Å²) >= 11 is 0. The molecule has 3 N–H and O–H groups in total. The van der Waals surface area contributed by atoms with Gasteiger partial charge in [-0.05, 0) is 26.3 Å². The molecule has 5 heteroatoms. The van der Waals surface area contributed by atoms with E-state index in [1.807, 2.05) is 0 Å². The van der Waals surface area contributed by atoms with Crippen molar-refractivity contribution in [1.82, 2.24) is 15.3 Å². The molecule has 2 unspecified atom stereocenters. The SMILES string of the molecule is CCC1CC(CN)(NN2CCN(C)CC2)CCO1. The lowest BCUT2D eigenvalue weighted by molar-refractivity contribution is -0.0572. The molecule has 2 aliphatic rings. The summed E-state index contributed by atoms with van der Waals surface area (Å²) in [5.41, 5.74) is 9.80. The van der Waals surface area contributed by atoms with E-state index in [9.17, 15) is 0 Å². The van der Waals surface area contributed by atoms with E-state index in [-0.39, 0.29) is 5.54 Å². The molecule has 18 heavy (non-hydrogen) atoms. The van der Waals surface area contributed by atoms with Crippen molar-refractivity contribution < 1.29 is 4.74 Å². The molecule has 5 nitrogen and oxygen atoms in total. The van der Waals surface area contributed by atoms with Crippen LogP contribution in [0.2, 0.25) is 0 Å². The van der Waals surface area contributed by atoms with Gasteiger partial charge in [-0.1, -0.05) is 6.92 Å². The Morgan fingerprint density at radius 3 is 2.67 bits per heavy atom. The van der Waals surface area contributed by atoms with Gasteiger partial charge >= 0.3 is 0 Å². The second-order valence-electron chi connectivity index (χ2n) is 5.74. The Morgan fingerprint density at radius 2 is 2.06 bits per heavy atom. The van der Waals surface area contributed by atoms with Crippen LogP contribution in [0.1, 0.15) is 26.2 Å². The molecule has 2 rings (SSSR count). The minimum absolute atomic E-state index is 0.0504. The second kappa shape index (κ2) is 6.30. The zero-order valence-corrected chi connectivity index (χ0v) is 11.8. The molecule has 2 atom stereocenters. The van der Waals surface area contributed by atoms with E-state index in [1.165, 1.54) is 0 Å². The predicted octanol–water partition coefficient (Wildman–Crippen LogP) is 0.0249. The summed E-state index contributed by atoms with van der Waals surface area (Å²) < 4.78 is 5.77. The maximum absolute atomic E-state index is 6.04. The van der Waals surface area contributed by atoms with Crippen molar-refractivity contribution in [3.8, 4) is 0 Å². The van der Waals surface area contributed by atoms with Gasteiger partial charge in [0.1, 0.15) is 0 Å². The topological polar surface area (TPSA) is 53.8 Å². The van der Waals surface area contributed by atoms with Crippen LogP contribution in [-0.4, -0.2) is 67.9 Å². The van der Waals surface area contributed by atoms with Crippen LogP contribution in [0.25, 0.3) is 0 Å². The third-order valence-electron chi connectivity index (χ3n) is 4.30. The molecule has 0 amide bonds. The highest BCUT2D eigenvalue weighted by Crippen LogP contribution is 2.26. The van der Waals surface area contributed by atoms with Gasteiger partial charge in [0, 0.05) is 44.9 Å². The molecule has 2 aliphatic heterocycles. The van der Waals surface area contributed by atoms with E-state index in [1.54, 1.807) is 0 Å². The van der Waals surface area contributed by atoms with Crippen LogP contribution >= 0.6 is 0 Å². The monoisotopic (exact) mass is 256 g/mol. The zero-order chi connectivity index (χ0) is 13.0. The van der Waals surface area contributed by atoms with Crippen molar-refractivity contribution in [2.45, 2.75) is 37.8 Å². The third-order valence-corrected chi connectivity index (χ3v) is 4.30. The predicted molar refractivity (Wildman–Crippen MR) is 73.3 cm³/mol. The minimum atomic E-state index is 0.0504. The molecule has 0 radical (unpaired) electrons. The van der Waals surface area contributed by atoms with Gasteiger partial charge < -0.3 is 15.4 Å². The Bertz CT molecular complexity index is 255. The van der Waals surface area contributed by atoms with Gasteiger partial charge in [0.25, 0.3) is 0 Å². The third kappa shape index (κ3) is 3.42. The van der Waals surface area contributed by atoms with E-state index in [0.717, 1.165) is 52.0 Å². The van der Waals surface area contributed by atoms with Gasteiger partial charge in [0.05, 0.1) is 6.10 Å². The molecule has 2 fully saturated rings. The molecule has 0 aliphatic carbocycles. The first-order valence-corrected chi connectivity index (χ1v) is 7.20. The summed E-state index contributed by atoms with van der Waals surface area (Å²) in [6.45, 7) is 8.12. The van der Waals surface area contributed by atoms with E-state index < -0.39 is 0 Å². The Labute approximate surface area is 111 Å². The molecular weight excluding hydrogens is 228 g/mol. The Balaban J connectivity index is 1.91. The summed E-state index contributed by atoms with van der Waals surface area (Å²) in [6, 6.07) is 0. The number of nitrogens with two attached hydrogens (primary N) is 1. The molecular formula is C13H28N4O. The average molecular weight is 256 g/mol. The summed E-state index contributed by atoms with van der Waals surface area (Å²) in [7, 11) is 2.18. The van der Waals surface area contributed by atoms with E-state index in [2.05, 4.69) is 29.3 Å². The van der Waals surface area contributed by atoms with Gasteiger partial charge in [-0.15, -0.1) is 0 Å². The number of likely N-dealkylation sites (N-methyl/N-ethyl adjacent to an activating group) is 1. The smallest absolute Gasteiger partial charge is 0.0591 e. The first kappa shape index (κ1) is 14.2. The van der Waals surface area contributed by atoms with E-state index in [0.29, 0.717) is 12.6 Å². The van der Waals surface area contributed by atoms with Gasteiger partial charge in [-0.2, -0.15) is 0 Å². The van der Waals surface area contributed by atoms with E-state index in [4.69, 9.17) is 10.5 Å². The Morgan fingerprint density at radius 1 is 1.33 bits per heavy atom. The van der Waals surface area contributed by atoms with Gasteiger partial charge in [-0.25, -0.2) is 10.4 Å². The number of piperazine rings is 1. The lowest BCUT2D eigenvalue weighted by atomic mass is 9.86. The number of ether oxygens (including phenoxy) is 1. The van der Waals surface area contributed by atoms with Crippen LogP contribution in [0, 0.1) is 0 Å². The van der Waals surface area contributed by atoms with E-state index >= 15 is 0 Å². The highest BCUT2D eigenvalue weighted by Gasteiger charge is 2.37. The molecule has 2 saturated heterocycles. The van der Waals surface area contributed by atoms with Crippen LogP contribution in [0.4, 0.5) is 0 Å². The summed E-state index contributed by atoms with van der Waals surface area (Å²) in [4.78, 5) is 2.37. The van der Waals surface area contributed by atoms with Gasteiger partial charge in [-0.3, -0.25) is 0 Å². The molecule has 0 aromatic heterocycles. The van der Waals surface area contributed by atoms with Crippen molar-refractivity contribution >= 4 is 0 Å². The summed E-state index contributed by atoms with van der Waals surface area (Å²) in [6.07, 6.45) is 3.49. The quantitative estimate of drug-likeness (QED) is 0.743. The highest BCUT2D eigenvalue weighted by atomic mass is 16.5. The lowest BCUT2D eigenvalue weighted by Crippen LogP contribution is -2.64. The maximum Gasteiger partial charge on any atom is 0.0591 e. The first-order valence-electron chi connectivity index (χ1n) is 7.20. The van der Waals surface area contributed by atoms with Gasteiger partial charge in [0.2, 0.25) is 0 Å². The lowest BCUT2D eigenvalue weighted by Gasteiger charge is -2.45. The minimum Gasteiger partial charge on any atom is -0.378 e. The van der Waals surface area contributed by atoms with Crippen LogP contribution in [0.5, 0.6) is 0 Å². The summed E-state index contributed by atoms with van der Waals surface area (Å²) in [5.74, 6) is 0. The largest absolute Gasteiger partial charge is 0.378 e. The fourth-order valence-corrected chi connectivity index (χ4v) is 2.87. The first-order chi connectivity index (χ1) is 8.67. The number of hydrogen-bond acceptors (Lipinski definition) is 5. The Hall–Kier alpha value is -0.200. The number of nitrogens with one attached hydrogen (secondary N) is 1. The van der Waals surface area contributed by atoms with Crippen molar-refractivity contribution in [2.24, 2.45) is 5.73 Å². The normalized spacial score (nSPS) is 35.8. The fraction of sp³-hybridized carbons (Fsp3) is 1.00. The van der Waals surface area contributed by atoms with Crippen LogP contribution < -0.4 is 11.2 Å². The molecule has 0 spiro atoms. The number of rotatable bonds is 4. The molecule has 0 aromatic carbocycles. The number of hydrogen-bond donors (Lipinski definition) is 2. The molecule has 0 aromatic rings. The van der Waals surface area contributed by atoms with Crippen LogP contribution in [-0.2, 0) is 4.74 Å². The number of nitrogens with zero attached hydrogens (tertiary/aromatic N) is 2. The van der Waals surface area contributed by atoms with Crippen LogP contribution in [0.15, 0.2) is 0 Å². The standard InChI is InChI=1S/C13H28N4O/c1-3-12-10-13(11-14,4-9-18-12)15-17-7-5-16(2)6-8-17/h12,15H,3-11,14H2,1-2H3. The van der Waals surface area contributed by atoms with Crippen molar-refractivity contribution in [1.29, 1.82) is 0 Å². The van der Waals surface area contributed by atoms with Crippen molar-refractivity contribution in [3.63, 3.8) is 0 Å². The van der Waals surface area contributed by atoms with Crippen molar-refractivity contribution in [3.05, 3.63) is 0 Å². The molecule has 0 bridgehead atoms. The van der Waals surface area contributed by atoms with Crippen molar-refractivity contribution in [2.75, 3.05) is 46.4 Å². The van der Waals surface area contributed by atoms with Gasteiger partial charge in [0.15, 0.2) is 0 Å². The number of hydrazine groups is 1. The second-order valence-corrected chi connectivity index (χ2v) is 5.74. The highest BCUT2D eigenvalue weighted by molar-refractivity contribution is 4.93.